The number of piperazine rings is 1. The number of hydrogen-bond acceptors (Lipinski definition) is 4. The SMILES string of the molecule is CSc1cccc(CN(C)C(=O)CC2CN(C)CCN2C)c1. The van der Waals surface area contributed by atoms with Gasteiger partial charge in [0.2, 0.25) is 5.91 Å². The molecular formula is C17H27N3OS. The Balaban J connectivity index is 1.91. The molecule has 5 heteroatoms. The maximum atomic E-state index is 12.5. The molecule has 1 aliphatic heterocycles. The van der Waals surface area contributed by atoms with Gasteiger partial charge in [-0.3, -0.25) is 4.79 Å². The first-order chi connectivity index (χ1) is 10.5. The van der Waals surface area contributed by atoms with Gasteiger partial charge in [-0.1, -0.05) is 12.1 Å². The van der Waals surface area contributed by atoms with Gasteiger partial charge >= 0.3 is 0 Å². The smallest absolute Gasteiger partial charge is 0.224 e. The fourth-order valence-corrected chi connectivity index (χ4v) is 3.30. The first-order valence-electron chi connectivity index (χ1n) is 7.75. The lowest BCUT2D eigenvalue weighted by Gasteiger charge is -2.38. The lowest BCUT2D eigenvalue weighted by molar-refractivity contribution is -0.132. The molecule has 0 saturated carbocycles. The van der Waals surface area contributed by atoms with Crippen LogP contribution < -0.4 is 0 Å². The van der Waals surface area contributed by atoms with E-state index in [1.807, 2.05) is 11.9 Å². The molecule has 1 aromatic rings. The Hall–Kier alpha value is -1.04. The number of nitrogens with zero attached hydrogens (tertiary/aromatic N) is 3. The quantitative estimate of drug-likeness (QED) is 0.775. The molecule has 1 atom stereocenters. The van der Waals surface area contributed by atoms with E-state index in [4.69, 9.17) is 0 Å². The van der Waals surface area contributed by atoms with E-state index in [1.54, 1.807) is 11.8 Å². The van der Waals surface area contributed by atoms with Crippen LogP contribution in [0.3, 0.4) is 0 Å². The summed E-state index contributed by atoms with van der Waals surface area (Å²) in [7, 11) is 6.15. The van der Waals surface area contributed by atoms with Gasteiger partial charge in [0, 0.05) is 50.6 Å². The molecule has 0 spiro atoms. The van der Waals surface area contributed by atoms with E-state index in [2.05, 4.69) is 54.4 Å². The molecule has 1 amide bonds. The van der Waals surface area contributed by atoms with Crippen LogP contribution in [0, 0.1) is 0 Å². The standard InChI is InChI=1S/C17H27N3OS/c1-18-8-9-19(2)15(13-18)11-17(21)20(3)12-14-6-5-7-16(10-14)22-4/h5-7,10,15H,8-9,11-13H2,1-4H3. The number of likely N-dealkylation sites (N-methyl/N-ethyl adjacent to an activating group) is 2. The number of carbonyl (C=O) groups excluding carboxylic acids is 1. The van der Waals surface area contributed by atoms with Crippen LogP contribution in [0.2, 0.25) is 0 Å². The minimum atomic E-state index is 0.224. The van der Waals surface area contributed by atoms with E-state index < -0.39 is 0 Å². The monoisotopic (exact) mass is 321 g/mol. The fraction of sp³-hybridized carbons (Fsp3) is 0.588. The molecule has 0 N–H and O–H groups in total. The molecule has 1 aromatic carbocycles. The second-order valence-corrected chi connectivity index (χ2v) is 7.08. The Morgan fingerprint density at radius 1 is 1.36 bits per heavy atom. The summed E-state index contributed by atoms with van der Waals surface area (Å²) in [5.41, 5.74) is 1.19. The number of benzene rings is 1. The van der Waals surface area contributed by atoms with Crippen molar-refractivity contribution >= 4 is 17.7 Å². The zero-order valence-electron chi connectivity index (χ0n) is 14.1. The Kier molecular flexibility index (Phi) is 6.29. The van der Waals surface area contributed by atoms with Crippen LogP contribution in [0.4, 0.5) is 0 Å². The predicted molar refractivity (Wildman–Crippen MR) is 93.2 cm³/mol. The van der Waals surface area contributed by atoms with Crippen LogP contribution >= 0.6 is 11.8 Å². The van der Waals surface area contributed by atoms with Crippen LogP contribution in [-0.4, -0.2) is 73.7 Å². The van der Waals surface area contributed by atoms with Crippen LogP contribution in [-0.2, 0) is 11.3 Å². The van der Waals surface area contributed by atoms with Gasteiger partial charge in [-0.05, 0) is 38.0 Å². The van der Waals surface area contributed by atoms with Crippen molar-refractivity contribution in [3.8, 4) is 0 Å². The van der Waals surface area contributed by atoms with Crippen LogP contribution in [0.25, 0.3) is 0 Å². The minimum Gasteiger partial charge on any atom is -0.341 e. The topological polar surface area (TPSA) is 26.8 Å². The van der Waals surface area contributed by atoms with E-state index in [9.17, 15) is 4.79 Å². The minimum absolute atomic E-state index is 0.224. The van der Waals surface area contributed by atoms with Gasteiger partial charge < -0.3 is 14.7 Å². The zero-order chi connectivity index (χ0) is 16.1. The van der Waals surface area contributed by atoms with Crippen molar-refractivity contribution in [1.82, 2.24) is 14.7 Å². The summed E-state index contributed by atoms with van der Waals surface area (Å²) in [6.07, 6.45) is 2.67. The molecule has 0 aliphatic carbocycles. The highest BCUT2D eigenvalue weighted by Gasteiger charge is 2.25. The van der Waals surface area contributed by atoms with Gasteiger partial charge in [-0.15, -0.1) is 11.8 Å². The van der Waals surface area contributed by atoms with E-state index in [0.717, 1.165) is 19.6 Å². The summed E-state index contributed by atoms with van der Waals surface area (Å²) in [4.78, 5) is 20.2. The normalized spacial score (nSPS) is 20.1. The first kappa shape index (κ1) is 17.3. The molecule has 0 aromatic heterocycles. The van der Waals surface area contributed by atoms with Crippen molar-refractivity contribution in [2.45, 2.75) is 23.9 Å². The van der Waals surface area contributed by atoms with E-state index in [-0.39, 0.29) is 5.91 Å². The third-order valence-corrected chi connectivity index (χ3v) is 5.10. The number of rotatable bonds is 5. The number of thioether (sulfide) groups is 1. The summed E-state index contributed by atoms with van der Waals surface area (Å²) in [5.74, 6) is 0.224. The van der Waals surface area contributed by atoms with Crippen molar-refractivity contribution in [3.63, 3.8) is 0 Å². The summed E-state index contributed by atoms with van der Waals surface area (Å²) in [5, 5.41) is 0. The maximum absolute atomic E-state index is 12.5. The summed E-state index contributed by atoms with van der Waals surface area (Å²) in [6.45, 7) is 3.77. The molecule has 122 valence electrons. The Labute approximate surface area is 138 Å². The highest BCUT2D eigenvalue weighted by atomic mass is 32.2. The van der Waals surface area contributed by atoms with Crippen molar-refractivity contribution in [1.29, 1.82) is 0 Å². The largest absolute Gasteiger partial charge is 0.341 e. The molecule has 2 rings (SSSR count). The predicted octanol–water partition coefficient (Wildman–Crippen LogP) is 2.00. The van der Waals surface area contributed by atoms with Crippen LogP contribution in [0.1, 0.15) is 12.0 Å². The van der Waals surface area contributed by atoms with Gasteiger partial charge in [-0.2, -0.15) is 0 Å². The molecule has 1 unspecified atom stereocenters. The summed E-state index contributed by atoms with van der Waals surface area (Å²) in [6, 6.07) is 8.73. The van der Waals surface area contributed by atoms with Crippen LogP contribution in [0.5, 0.6) is 0 Å². The highest BCUT2D eigenvalue weighted by Crippen LogP contribution is 2.17. The second kappa shape index (κ2) is 7.99. The maximum Gasteiger partial charge on any atom is 0.224 e. The van der Waals surface area contributed by atoms with Crippen LogP contribution in [0.15, 0.2) is 29.2 Å². The summed E-state index contributed by atoms with van der Waals surface area (Å²) >= 11 is 1.73. The number of carbonyl (C=O) groups is 1. The van der Waals surface area contributed by atoms with E-state index in [0.29, 0.717) is 19.0 Å². The number of amides is 1. The lowest BCUT2D eigenvalue weighted by Crippen LogP contribution is -2.51. The fourth-order valence-electron chi connectivity index (χ4n) is 2.81. The van der Waals surface area contributed by atoms with Crippen molar-refractivity contribution in [3.05, 3.63) is 29.8 Å². The molecule has 4 nitrogen and oxygen atoms in total. The molecule has 0 bridgehead atoms. The summed E-state index contributed by atoms with van der Waals surface area (Å²) < 4.78 is 0. The van der Waals surface area contributed by atoms with Crippen molar-refractivity contribution in [2.75, 3.05) is 47.0 Å². The second-order valence-electron chi connectivity index (χ2n) is 6.20. The van der Waals surface area contributed by atoms with Gasteiger partial charge in [0.1, 0.15) is 0 Å². The average molecular weight is 321 g/mol. The molecule has 1 fully saturated rings. The lowest BCUT2D eigenvalue weighted by atomic mass is 10.1. The first-order valence-corrected chi connectivity index (χ1v) is 8.97. The zero-order valence-corrected chi connectivity index (χ0v) is 14.9. The Morgan fingerprint density at radius 2 is 2.14 bits per heavy atom. The average Bonchev–Trinajstić information content (AvgIpc) is 2.51. The molecule has 22 heavy (non-hydrogen) atoms. The Morgan fingerprint density at radius 3 is 2.86 bits per heavy atom. The molecule has 1 heterocycles. The number of hydrogen-bond donors (Lipinski definition) is 0. The third-order valence-electron chi connectivity index (χ3n) is 4.37. The van der Waals surface area contributed by atoms with Crippen molar-refractivity contribution < 1.29 is 4.79 Å². The van der Waals surface area contributed by atoms with E-state index >= 15 is 0 Å². The van der Waals surface area contributed by atoms with Gasteiger partial charge in [0.25, 0.3) is 0 Å². The molecular weight excluding hydrogens is 294 g/mol. The third kappa shape index (κ3) is 4.73. The van der Waals surface area contributed by atoms with E-state index in [1.165, 1.54) is 10.5 Å². The Bertz CT molecular complexity index is 508. The van der Waals surface area contributed by atoms with Gasteiger partial charge in [0.15, 0.2) is 0 Å². The highest BCUT2D eigenvalue weighted by molar-refractivity contribution is 7.98. The van der Waals surface area contributed by atoms with Gasteiger partial charge in [-0.25, -0.2) is 0 Å². The van der Waals surface area contributed by atoms with Gasteiger partial charge in [0.05, 0.1) is 0 Å². The molecule has 1 saturated heterocycles. The molecule has 1 aliphatic rings. The van der Waals surface area contributed by atoms with Crippen molar-refractivity contribution in [2.24, 2.45) is 0 Å². The molecule has 0 radical (unpaired) electrons.